The van der Waals surface area contributed by atoms with E-state index in [-0.39, 0.29) is 6.54 Å². The van der Waals surface area contributed by atoms with Crippen molar-refractivity contribution in [3.8, 4) is 5.75 Å². The summed E-state index contributed by atoms with van der Waals surface area (Å²) in [6.45, 7) is 0.183. The summed E-state index contributed by atoms with van der Waals surface area (Å²) in [5.74, 6) is 0.659. The molecule has 0 bridgehead atoms. The van der Waals surface area contributed by atoms with Gasteiger partial charge in [0, 0.05) is 11.6 Å². The first-order valence-electron chi connectivity index (χ1n) is 6.14. The molecule has 0 unspecified atom stereocenters. The van der Waals surface area contributed by atoms with E-state index in [2.05, 4.69) is 9.44 Å². The Bertz CT molecular complexity index is 685. The molecule has 2 rings (SSSR count). The van der Waals surface area contributed by atoms with Gasteiger partial charge in [-0.2, -0.15) is 13.1 Å². The van der Waals surface area contributed by atoms with Crippen molar-refractivity contribution in [1.29, 1.82) is 0 Å². The second-order valence-electron chi connectivity index (χ2n) is 4.28. The molecule has 0 heterocycles. The SMILES string of the molecule is COc1ccc(NS(=O)(=O)NCc2ccc(Cl)cc2)cc1. The lowest BCUT2D eigenvalue weighted by atomic mass is 10.2. The van der Waals surface area contributed by atoms with Crippen molar-refractivity contribution in [3.05, 3.63) is 59.1 Å². The van der Waals surface area contributed by atoms with E-state index in [0.29, 0.717) is 16.5 Å². The van der Waals surface area contributed by atoms with E-state index in [4.69, 9.17) is 16.3 Å². The van der Waals surface area contributed by atoms with Gasteiger partial charge in [0.25, 0.3) is 10.2 Å². The largest absolute Gasteiger partial charge is 0.497 e. The molecule has 0 aliphatic carbocycles. The summed E-state index contributed by atoms with van der Waals surface area (Å²) in [6, 6.07) is 13.6. The van der Waals surface area contributed by atoms with Crippen LogP contribution >= 0.6 is 11.6 Å². The van der Waals surface area contributed by atoms with Gasteiger partial charge < -0.3 is 4.74 Å². The Morgan fingerprint density at radius 3 is 2.24 bits per heavy atom. The Balaban J connectivity index is 1.96. The number of methoxy groups -OCH3 is 1. The first kappa shape index (κ1) is 15.6. The predicted octanol–water partition coefficient (Wildman–Crippen LogP) is 2.80. The van der Waals surface area contributed by atoms with Crippen LogP contribution in [-0.4, -0.2) is 15.5 Å². The van der Waals surface area contributed by atoms with Gasteiger partial charge in [-0.1, -0.05) is 23.7 Å². The molecule has 0 saturated heterocycles. The topological polar surface area (TPSA) is 67.4 Å². The third-order valence-electron chi connectivity index (χ3n) is 2.72. The lowest BCUT2D eigenvalue weighted by Gasteiger charge is -2.10. The second kappa shape index (κ2) is 6.80. The molecule has 2 aromatic carbocycles. The average molecular weight is 327 g/mol. The lowest BCUT2D eigenvalue weighted by molar-refractivity contribution is 0.415. The van der Waals surface area contributed by atoms with Crippen LogP contribution in [0.4, 0.5) is 5.69 Å². The molecule has 0 amide bonds. The van der Waals surface area contributed by atoms with E-state index < -0.39 is 10.2 Å². The van der Waals surface area contributed by atoms with Gasteiger partial charge in [-0.3, -0.25) is 4.72 Å². The van der Waals surface area contributed by atoms with Gasteiger partial charge in [0.2, 0.25) is 0 Å². The molecule has 112 valence electrons. The molecule has 5 nitrogen and oxygen atoms in total. The normalized spacial score (nSPS) is 11.1. The molecule has 2 aromatic rings. The smallest absolute Gasteiger partial charge is 0.299 e. The summed E-state index contributed by atoms with van der Waals surface area (Å²) in [7, 11) is -2.09. The maximum Gasteiger partial charge on any atom is 0.299 e. The number of nitrogens with one attached hydrogen (secondary N) is 2. The van der Waals surface area contributed by atoms with Crippen LogP contribution in [-0.2, 0) is 16.8 Å². The van der Waals surface area contributed by atoms with Crippen LogP contribution in [0.15, 0.2) is 48.5 Å². The fourth-order valence-electron chi connectivity index (χ4n) is 1.63. The van der Waals surface area contributed by atoms with Crippen LogP contribution in [0.2, 0.25) is 5.02 Å². The van der Waals surface area contributed by atoms with Gasteiger partial charge in [0.05, 0.1) is 12.8 Å². The molecule has 0 aliphatic heterocycles. The molecule has 0 saturated carbocycles. The standard InChI is InChI=1S/C14H15ClN2O3S/c1-20-14-8-6-13(7-9-14)17-21(18,19)16-10-11-2-4-12(15)5-3-11/h2-9,16-17H,10H2,1H3. The zero-order valence-electron chi connectivity index (χ0n) is 11.3. The monoisotopic (exact) mass is 326 g/mol. The average Bonchev–Trinajstić information content (AvgIpc) is 2.47. The third kappa shape index (κ3) is 4.93. The Labute approximate surface area is 129 Å². The Morgan fingerprint density at radius 2 is 1.67 bits per heavy atom. The number of anilines is 1. The summed E-state index contributed by atoms with van der Waals surface area (Å²) in [5, 5.41) is 0.609. The fourth-order valence-corrected chi connectivity index (χ4v) is 2.63. The van der Waals surface area contributed by atoms with Crippen LogP contribution < -0.4 is 14.2 Å². The first-order valence-corrected chi connectivity index (χ1v) is 8.00. The minimum absolute atomic E-state index is 0.183. The zero-order chi connectivity index (χ0) is 15.3. The number of halogens is 1. The molecule has 7 heteroatoms. The highest BCUT2D eigenvalue weighted by Crippen LogP contribution is 2.16. The van der Waals surface area contributed by atoms with Crippen LogP contribution in [0.1, 0.15) is 5.56 Å². The molecule has 2 N–H and O–H groups in total. The lowest BCUT2D eigenvalue weighted by Crippen LogP contribution is -2.29. The highest BCUT2D eigenvalue weighted by atomic mass is 35.5. The van der Waals surface area contributed by atoms with E-state index in [9.17, 15) is 8.42 Å². The zero-order valence-corrected chi connectivity index (χ0v) is 12.9. The van der Waals surface area contributed by atoms with Crippen LogP contribution in [0, 0.1) is 0 Å². The molecular formula is C14H15ClN2O3S. The third-order valence-corrected chi connectivity index (χ3v) is 4.00. The summed E-state index contributed by atoms with van der Waals surface area (Å²) in [4.78, 5) is 0. The highest BCUT2D eigenvalue weighted by Gasteiger charge is 2.09. The van der Waals surface area contributed by atoms with E-state index in [1.54, 1.807) is 55.6 Å². The molecule has 0 spiro atoms. The predicted molar refractivity (Wildman–Crippen MR) is 83.8 cm³/mol. The number of rotatable bonds is 6. The number of hydrogen-bond acceptors (Lipinski definition) is 3. The van der Waals surface area contributed by atoms with Gasteiger partial charge in [-0.25, -0.2) is 0 Å². The Morgan fingerprint density at radius 1 is 1.05 bits per heavy atom. The van der Waals surface area contributed by atoms with Crippen molar-refractivity contribution in [3.63, 3.8) is 0 Å². The van der Waals surface area contributed by atoms with Crippen molar-refractivity contribution in [2.24, 2.45) is 0 Å². The summed E-state index contributed by atoms with van der Waals surface area (Å²) in [6.07, 6.45) is 0. The van der Waals surface area contributed by atoms with Crippen molar-refractivity contribution >= 4 is 27.5 Å². The number of benzene rings is 2. The minimum atomic E-state index is -3.64. The van der Waals surface area contributed by atoms with E-state index in [1.807, 2.05) is 0 Å². The van der Waals surface area contributed by atoms with Crippen molar-refractivity contribution < 1.29 is 13.2 Å². The van der Waals surface area contributed by atoms with Crippen LogP contribution in [0.25, 0.3) is 0 Å². The van der Waals surface area contributed by atoms with Gasteiger partial charge in [0.1, 0.15) is 5.75 Å². The molecule has 0 aromatic heterocycles. The maximum atomic E-state index is 11.9. The van der Waals surface area contributed by atoms with E-state index in [1.165, 1.54) is 0 Å². The van der Waals surface area contributed by atoms with Gasteiger partial charge in [0.15, 0.2) is 0 Å². The quantitative estimate of drug-likeness (QED) is 0.857. The molecule has 0 aliphatic rings. The van der Waals surface area contributed by atoms with Crippen molar-refractivity contribution in [2.45, 2.75) is 6.54 Å². The fraction of sp³-hybridized carbons (Fsp3) is 0.143. The van der Waals surface area contributed by atoms with Crippen LogP contribution in [0.3, 0.4) is 0 Å². The maximum absolute atomic E-state index is 11.9. The van der Waals surface area contributed by atoms with Gasteiger partial charge in [-0.05, 0) is 42.0 Å². The molecule has 0 fully saturated rings. The highest BCUT2D eigenvalue weighted by molar-refractivity contribution is 7.90. The summed E-state index contributed by atoms with van der Waals surface area (Å²) in [5.41, 5.74) is 1.28. The van der Waals surface area contributed by atoms with E-state index in [0.717, 1.165) is 5.56 Å². The Hall–Kier alpha value is -1.76. The summed E-state index contributed by atoms with van der Waals surface area (Å²) >= 11 is 5.77. The Kier molecular flexibility index (Phi) is 5.06. The minimum Gasteiger partial charge on any atom is -0.497 e. The molecule has 0 atom stereocenters. The van der Waals surface area contributed by atoms with Crippen molar-refractivity contribution in [2.75, 3.05) is 11.8 Å². The van der Waals surface area contributed by atoms with Crippen LogP contribution in [0.5, 0.6) is 5.75 Å². The molecule has 21 heavy (non-hydrogen) atoms. The van der Waals surface area contributed by atoms with Gasteiger partial charge in [-0.15, -0.1) is 0 Å². The molecule has 0 radical (unpaired) electrons. The number of ether oxygens (including phenoxy) is 1. The first-order chi connectivity index (χ1) is 9.98. The van der Waals surface area contributed by atoms with Crippen molar-refractivity contribution in [1.82, 2.24) is 4.72 Å². The molecular weight excluding hydrogens is 312 g/mol. The number of hydrogen-bond donors (Lipinski definition) is 2. The summed E-state index contributed by atoms with van der Waals surface area (Å²) < 4.78 is 33.7. The van der Waals surface area contributed by atoms with E-state index >= 15 is 0 Å². The second-order valence-corrected chi connectivity index (χ2v) is 6.22. The van der Waals surface area contributed by atoms with Gasteiger partial charge >= 0.3 is 0 Å².